The van der Waals surface area contributed by atoms with Crippen molar-refractivity contribution in [3.05, 3.63) is 36.1 Å². The van der Waals surface area contributed by atoms with Crippen LogP contribution in [0.1, 0.15) is 46.0 Å². The summed E-state index contributed by atoms with van der Waals surface area (Å²) in [4.78, 5) is 12.3. The maximum absolute atomic E-state index is 12.3. The summed E-state index contributed by atoms with van der Waals surface area (Å²) >= 11 is 0. The molecule has 0 aromatic heterocycles. The van der Waals surface area contributed by atoms with E-state index in [0.29, 0.717) is 22.8 Å². The van der Waals surface area contributed by atoms with Gasteiger partial charge in [-0.1, -0.05) is 27.4 Å². The number of hydrogen-bond donors (Lipinski definition) is 2. The van der Waals surface area contributed by atoms with Gasteiger partial charge in [-0.2, -0.15) is 0 Å². The van der Waals surface area contributed by atoms with E-state index in [1.807, 2.05) is 20.8 Å². The number of methoxy groups -OCH3 is 1. The summed E-state index contributed by atoms with van der Waals surface area (Å²) in [6.07, 6.45) is -0.420. The number of allylic oxidation sites excluding steroid dienone is 1. The fourth-order valence-electron chi connectivity index (χ4n) is 1.72. The van der Waals surface area contributed by atoms with Crippen LogP contribution in [0.4, 0.5) is 5.69 Å². The van der Waals surface area contributed by atoms with Crippen LogP contribution < -0.4 is 10.1 Å². The molecule has 134 valence electrons. The second-order valence-electron chi connectivity index (χ2n) is 6.14. The summed E-state index contributed by atoms with van der Waals surface area (Å²) in [5.74, 6) is 0.782. The molecule has 0 saturated heterocycles. The Balaban J connectivity index is 2.99. The Kier molecular flexibility index (Phi) is 7.25. The van der Waals surface area contributed by atoms with Crippen LogP contribution in [-0.4, -0.2) is 24.9 Å². The number of hydrogen-bond acceptors (Lipinski definition) is 5. The van der Waals surface area contributed by atoms with Gasteiger partial charge in [-0.25, -0.2) is 0 Å². The molecule has 6 heteroatoms. The van der Waals surface area contributed by atoms with E-state index in [4.69, 9.17) is 14.2 Å². The van der Waals surface area contributed by atoms with Gasteiger partial charge >= 0.3 is 0 Å². The summed E-state index contributed by atoms with van der Waals surface area (Å²) in [5.41, 5.74) is 0.531. The number of aliphatic hydroxyl groups is 1. The van der Waals surface area contributed by atoms with Crippen molar-refractivity contribution in [1.82, 2.24) is 0 Å². The number of nitrogens with one attached hydrogen (secondary N) is 1. The molecule has 0 fully saturated rings. The summed E-state index contributed by atoms with van der Waals surface area (Å²) in [7, 11) is 1.39. The third-order valence-electron chi connectivity index (χ3n) is 3.78. The molecule has 1 unspecified atom stereocenters. The Hall–Kier alpha value is -2.05. The molecule has 0 heterocycles. The number of amides is 1. The Morgan fingerprint density at radius 2 is 2.08 bits per heavy atom. The van der Waals surface area contributed by atoms with Gasteiger partial charge in [-0.3, -0.25) is 4.79 Å². The molecule has 6 nitrogen and oxygen atoms in total. The van der Waals surface area contributed by atoms with Crippen LogP contribution in [0.5, 0.6) is 5.75 Å². The highest BCUT2D eigenvalue weighted by atomic mass is 16.7. The zero-order valence-electron chi connectivity index (χ0n) is 15.0. The van der Waals surface area contributed by atoms with Crippen molar-refractivity contribution < 1.29 is 24.1 Å². The van der Waals surface area contributed by atoms with Gasteiger partial charge in [0.25, 0.3) is 0 Å². The van der Waals surface area contributed by atoms with Crippen LogP contribution in [0, 0.1) is 5.41 Å². The van der Waals surface area contributed by atoms with E-state index >= 15 is 0 Å². The number of ether oxygens (including phenoxy) is 3. The molecule has 0 aliphatic rings. The van der Waals surface area contributed by atoms with Gasteiger partial charge < -0.3 is 24.6 Å². The predicted octanol–water partition coefficient (Wildman–Crippen LogP) is 3.59. The molecule has 2 N–H and O–H groups in total. The minimum Gasteiger partial charge on any atom is -0.463 e. The first-order valence-electron chi connectivity index (χ1n) is 7.78. The largest absolute Gasteiger partial charge is 0.463 e. The van der Waals surface area contributed by atoms with E-state index in [1.165, 1.54) is 7.11 Å². The summed E-state index contributed by atoms with van der Waals surface area (Å²) in [5, 5.41) is 12.8. The number of carbonyl (C=O) groups excluding carboxylic acids is 1. The second-order valence-corrected chi connectivity index (χ2v) is 6.14. The highest BCUT2D eigenvalue weighted by Crippen LogP contribution is 2.30. The van der Waals surface area contributed by atoms with E-state index in [0.717, 1.165) is 6.42 Å². The second kappa shape index (κ2) is 8.70. The Bertz CT molecular complexity index is 583. The monoisotopic (exact) mass is 337 g/mol. The van der Waals surface area contributed by atoms with Crippen LogP contribution in [0.15, 0.2) is 30.5 Å². The number of carbonyl (C=O) groups is 1. The van der Waals surface area contributed by atoms with Crippen molar-refractivity contribution >= 4 is 11.6 Å². The smallest absolute Gasteiger partial charge is 0.230 e. The fraction of sp³-hybridized carbons (Fsp3) is 0.500. The lowest BCUT2D eigenvalue weighted by Crippen LogP contribution is -2.30. The topological polar surface area (TPSA) is 77.0 Å². The first-order valence-corrected chi connectivity index (χ1v) is 7.78. The molecule has 24 heavy (non-hydrogen) atoms. The minimum atomic E-state index is -1.14. The van der Waals surface area contributed by atoms with Crippen molar-refractivity contribution in [2.24, 2.45) is 5.41 Å². The Morgan fingerprint density at radius 3 is 2.62 bits per heavy atom. The Labute approximate surface area is 143 Å². The standard InChI is InChI=1S/C18H27NO5/c1-7-18(4,5)17(21)19-13-8-9-14(16(20)22-6)15(10-13)24-11-23-12(2)3/h8-10,16,20H,2,7,11H2,1,3-6H3,(H,19,21). The molecule has 1 aromatic carbocycles. The maximum Gasteiger partial charge on any atom is 0.230 e. The molecule has 1 rings (SSSR count). The zero-order valence-corrected chi connectivity index (χ0v) is 15.0. The Morgan fingerprint density at radius 1 is 1.42 bits per heavy atom. The molecular weight excluding hydrogens is 310 g/mol. The minimum absolute atomic E-state index is 0.0589. The SMILES string of the molecule is C=C(C)OCOc1cc(NC(=O)C(C)(C)CC)ccc1C(O)OC. The van der Waals surface area contributed by atoms with Crippen LogP contribution in [0.25, 0.3) is 0 Å². The van der Waals surface area contributed by atoms with Crippen LogP contribution in [-0.2, 0) is 14.3 Å². The molecule has 0 spiro atoms. The first-order chi connectivity index (χ1) is 11.2. The third-order valence-corrected chi connectivity index (χ3v) is 3.78. The number of aliphatic hydroxyl groups excluding tert-OH is 1. The molecule has 0 radical (unpaired) electrons. The van der Waals surface area contributed by atoms with E-state index in [-0.39, 0.29) is 12.7 Å². The quantitative estimate of drug-likeness (QED) is 0.532. The molecule has 0 saturated carbocycles. The third kappa shape index (κ3) is 5.54. The molecule has 1 amide bonds. The lowest BCUT2D eigenvalue weighted by atomic mass is 9.89. The number of rotatable bonds is 9. The first kappa shape index (κ1) is 20.0. The average molecular weight is 337 g/mol. The molecule has 1 atom stereocenters. The van der Waals surface area contributed by atoms with Gasteiger partial charge in [-0.15, -0.1) is 0 Å². The molecule has 0 aliphatic carbocycles. The van der Waals surface area contributed by atoms with Gasteiger partial charge in [0.2, 0.25) is 12.7 Å². The predicted molar refractivity (Wildman–Crippen MR) is 92.5 cm³/mol. The molecular formula is C18H27NO5. The summed E-state index contributed by atoms with van der Waals surface area (Å²) in [6, 6.07) is 4.95. The highest BCUT2D eigenvalue weighted by Gasteiger charge is 2.25. The summed E-state index contributed by atoms with van der Waals surface area (Å²) < 4.78 is 15.6. The van der Waals surface area contributed by atoms with Crippen molar-refractivity contribution in [1.29, 1.82) is 0 Å². The lowest BCUT2D eigenvalue weighted by molar-refractivity contribution is -0.124. The van der Waals surface area contributed by atoms with E-state index in [9.17, 15) is 9.90 Å². The van der Waals surface area contributed by atoms with E-state index in [1.54, 1.807) is 25.1 Å². The van der Waals surface area contributed by atoms with Crippen molar-refractivity contribution in [3.8, 4) is 5.75 Å². The number of anilines is 1. The van der Waals surface area contributed by atoms with Gasteiger partial charge in [0, 0.05) is 29.8 Å². The highest BCUT2D eigenvalue weighted by molar-refractivity contribution is 5.94. The van der Waals surface area contributed by atoms with Gasteiger partial charge in [-0.05, 0) is 25.5 Å². The van der Waals surface area contributed by atoms with Gasteiger partial charge in [0.15, 0.2) is 6.29 Å². The fourth-order valence-corrected chi connectivity index (χ4v) is 1.72. The van der Waals surface area contributed by atoms with Crippen molar-refractivity contribution in [2.75, 3.05) is 19.2 Å². The lowest BCUT2D eigenvalue weighted by Gasteiger charge is -2.22. The van der Waals surface area contributed by atoms with Crippen molar-refractivity contribution in [2.45, 2.75) is 40.4 Å². The van der Waals surface area contributed by atoms with Crippen LogP contribution in [0.3, 0.4) is 0 Å². The van der Waals surface area contributed by atoms with Gasteiger partial charge in [0.1, 0.15) is 5.75 Å². The van der Waals surface area contributed by atoms with Crippen LogP contribution >= 0.6 is 0 Å². The van der Waals surface area contributed by atoms with E-state index < -0.39 is 11.7 Å². The van der Waals surface area contributed by atoms with E-state index in [2.05, 4.69) is 11.9 Å². The maximum atomic E-state index is 12.3. The molecule has 1 aromatic rings. The summed E-state index contributed by atoms with van der Waals surface area (Å²) in [6.45, 7) is 11.0. The average Bonchev–Trinajstić information content (AvgIpc) is 2.54. The number of benzene rings is 1. The zero-order chi connectivity index (χ0) is 18.3. The molecule has 0 aliphatic heterocycles. The van der Waals surface area contributed by atoms with Crippen molar-refractivity contribution in [3.63, 3.8) is 0 Å². The van der Waals surface area contributed by atoms with Crippen LogP contribution in [0.2, 0.25) is 0 Å². The molecule has 0 bridgehead atoms. The van der Waals surface area contributed by atoms with Gasteiger partial charge in [0.05, 0.1) is 5.76 Å². The normalized spacial score (nSPS) is 12.4.